The second-order valence-electron chi connectivity index (χ2n) is 4.46. The van der Waals surface area contributed by atoms with Gasteiger partial charge in [-0.05, 0) is 59.0 Å². The molecule has 0 saturated heterocycles. The Morgan fingerprint density at radius 1 is 1.05 bits per heavy atom. The quantitative estimate of drug-likeness (QED) is 0.556. The van der Waals surface area contributed by atoms with E-state index in [9.17, 15) is 13.2 Å². The molecular weight excluding hydrogens is 403 g/mol. The Morgan fingerprint density at radius 2 is 1.62 bits per heavy atom. The van der Waals surface area contributed by atoms with Crippen LogP contribution in [0.25, 0.3) is 0 Å². The van der Waals surface area contributed by atoms with E-state index in [-0.39, 0.29) is 17.3 Å². The molecule has 110 valence electrons. The average Bonchev–Trinajstić information content (AvgIpc) is 2.45. The second kappa shape index (κ2) is 6.57. The topological polar surface area (TPSA) is 60.4 Å². The van der Waals surface area contributed by atoms with Gasteiger partial charge in [0.2, 0.25) is 0 Å². The lowest BCUT2D eigenvalue weighted by molar-refractivity contribution is 0.0921. The van der Waals surface area contributed by atoms with Gasteiger partial charge in [0, 0.05) is 15.4 Å². The summed E-state index contributed by atoms with van der Waals surface area (Å²) in [4.78, 5) is 12.2. The molecule has 0 amide bonds. The van der Waals surface area contributed by atoms with Gasteiger partial charge in [0.25, 0.3) is 0 Å². The molecule has 0 aromatic heterocycles. The molecule has 6 heteroatoms. The van der Waals surface area contributed by atoms with E-state index in [0.717, 1.165) is 9.83 Å². The third-order valence-electron chi connectivity index (χ3n) is 2.79. The van der Waals surface area contributed by atoms with Gasteiger partial charge in [-0.25, -0.2) is 8.42 Å². The summed E-state index contributed by atoms with van der Waals surface area (Å²) in [7, 11) is -3.22. The number of Topliss-reactive ketones (excluding diaryl/α,β-unsaturated/α-hetero) is 1. The molecule has 0 aliphatic carbocycles. The van der Waals surface area contributed by atoms with Crippen molar-refractivity contribution in [3.05, 3.63) is 57.7 Å². The maximum atomic E-state index is 11.9. The number of sulfone groups is 1. The van der Waals surface area contributed by atoms with E-state index in [2.05, 4.69) is 22.6 Å². The number of benzene rings is 2. The van der Waals surface area contributed by atoms with Crippen LogP contribution in [-0.4, -0.2) is 27.1 Å². The maximum Gasteiger partial charge on any atom is 0.200 e. The fourth-order valence-electron chi connectivity index (χ4n) is 1.65. The van der Waals surface area contributed by atoms with Gasteiger partial charge in [0.1, 0.15) is 5.75 Å². The zero-order valence-electron chi connectivity index (χ0n) is 11.2. The van der Waals surface area contributed by atoms with E-state index < -0.39 is 9.84 Å². The molecule has 0 spiro atoms. The van der Waals surface area contributed by atoms with Crippen molar-refractivity contribution < 1.29 is 17.9 Å². The van der Waals surface area contributed by atoms with Crippen molar-refractivity contribution in [1.29, 1.82) is 0 Å². The van der Waals surface area contributed by atoms with Crippen LogP contribution in [0.5, 0.6) is 5.75 Å². The minimum Gasteiger partial charge on any atom is -0.485 e. The lowest BCUT2D eigenvalue weighted by Gasteiger charge is -2.06. The third kappa shape index (κ3) is 4.53. The Balaban J connectivity index is 2.00. The minimum atomic E-state index is -3.22. The van der Waals surface area contributed by atoms with Gasteiger partial charge in [-0.3, -0.25) is 4.79 Å². The number of hydrogen-bond acceptors (Lipinski definition) is 4. The van der Waals surface area contributed by atoms with Crippen molar-refractivity contribution in [3.63, 3.8) is 0 Å². The summed E-state index contributed by atoms with van der Waals surface area (Å²) >= 11 is 2.17. The molecule has 0 heterocycles. The second-order valence-corrected chi connectivity index (χ2v) is 7.72. The minimum absolute atomic E-state index is 0.0845. The van der Waals surface area contributed by atoms with Crippen LogP contribution in [0.2, 0.25) is 0 Å². The summed E-state index contributed by atoms with van der Waals surface area (Å²) in [5.41, 5.74) is 0.586. The molecule has 21 heavy (non-hydrogen) atoms. The zero-order valence-corrected chi connectivity index (χ0v) is 14.2. The van der Waals surface area contributed by atoms with E-state index in [1.54, 1.807) is 12.1 Å². The highest BCUT2D eigenvalue weighted by Gasteiger charge is 2.09. The lowest BCUT2D eigenvalue weighted by atomic mass is 10.1. The van der Waals surface area contributed by atoms with Crippen LogP contribution >= 0.6 is 22.6 Å². The van der Waals surface area contributed by atoms with E-state index in [4.69, 9.17) is 4.74 Å². The summed E-state index contributed by atoms with van der Waals surface area (Å²) in [6.45, 7) is -0.0845. The molecule has 2 rings (SSSR count). The molecule has 2 aromatic rings. The molecule has 0 atom stereocenters. The predicted octanol–water partition coefficient (Wildman–Crippen LogP) is 2.96. The number of ketones is 1. The maximum absolute atomic E-state index is 11.9. The van der Waals surface area contributed by atoms with Crippen LogP contribution in [0.4, 0.5) is 0 Å². The molecule has 0 radical (unpaired) electrons. The van der Waals surface area contributed by atoms with Crippen molar-refractivity contribution in [3.8, 4) is 5.75 Å². The van der Waals surface area contributed by atoms with Crippen molar-refractivity contribution in [2.75, 3.05) is 12.9 Å². The average molecular weight is 416 g/mol. The van der Waals surface area contributed by atoms with Crippen molar-refractivity contribution in [2.24, 2.45) is 0 Å². The number of halogens is 1. The number of carbonyl (C=O) groups excluding carboxylic acids is 1. The fourth-order valence-corrected chi connectivity index (χ4v) is 2.64. The molecular formula is C15H13IO4S. The largest absolute Gasteiger partial charge is 0.485 e. The molecule has 0 aliphatic rings. The van der Waals surface area contributed by atoms with Crippen LogP contribution in [0.3, 0.4) is 0 Å². The zero-order chi connectivity index (χ0) is 15.5. The first kappa shape index (κ1) is 16.0. The van der Waals surface area contributed by atoms with Crippen LogP contribution in [0, 0.1) is 3.57 Å². The monoisotopic (exact) mass is 416 g/mol. The first-order valence-electron chi connectivity index (χ1n) is 6.08. The van der Waals surface area contributed by atoms with E-state index in [1.807, 2.05) is 12.1 Å². The number of ether oxygens (including phenoxy) is 1. The molecule has 4 nitrogen and oxygen atoms in total. The Hall–Kier alpha value is -1.41. The lowest BCUT2D eigenvalue weighted by Crippen LogP contribution is -2.11. The SMILES string of the molecule is CS(=O)(=O)c1ccc(OCC(=O)c2ccc(I)cc2)cc1. The van der Waals surface area contributed by atoms with Crippen LogP contribution in [-0.2, 0) is 9.84 Å². The normalized spacial score (nSPS) is 11.1. The summed E-state index contributed by atoms with van der Waals surface area (Å²) in [5.74, 6) is 0.333. The first-order valence-corrected chi connectivity index (χ1v) is 9.05. The van der Waals surface area contributed by atoms with E-state index >= 15 is 0 Å². The van der Waals surface area contributed by atoms with Crippen molar-refractivity contribution in [2.45, 2.75) is 4.90 Å². The number of rotatable bonds is 5. The van der Waals surface area contributed by atoms with Gasteiger partial charge in [-0.1, -0.05) is 12.1 Å². The Kier molecular flexibility index (Phi) is 5.00. The summed E-state index contributed by atoms with van der Waals surface area (Å²) < 4.78 is 29.1. The molecule has 0 aliphatic heterocycles. The van der Waals surface area contributed by atoms with Gasteiger partial charge in [-0.15, -0.1) is 0 Å². The Bertz CT molecular complexity index is 734. The van der Waals surface area contributed by atoms with Gasteiger partial charge >= 0.3 is 0 Å². The molecule has 0 fully saturated rings. The highest BCUT2D eigenvalue weighted by atomic mass is 127. The first-order chi connectivity index (χ1) is 9.86. The molecule has 0 N–H and O–H groups in total. The van der Waals surface area contributed by atoms with Crippen molar-refractivity contribution in [1.82, 2.24) is 0 Å². The smallest absolute Gasteiger partial charge is 0.200 e. The molecule has 0 unspecified atom stereocenters. The Morgan fingerprint density at radius 3 is 2.14 bits per heavy atom. The fraction of sp³-hybridized carbons (Fsp3) is 0.133. The highest BCUT2D eigenvalue weighted by molar-refractivity contribution is 14.1. The van der Waals surface area contributed by atoms with Crippen LogP contribution < -0.4 is 4.74 Å². The number of hydrogen-bond donors (Lipinski definition) is 0. The Labute approximate surface area is 137 Å². The molecule has 0 saturated carbocycles. The van der Waals surface area contributed by atoms with Gasteiger partial charge in [0.15, 0.2) is 22.2 Å². The van der Waals surface area contributed by atoms with Gasteiger partial charge in [0.05, 0.1) is 4.90 Å². The summed E-state index contributed by atoms with van der Waals surface area (Å²) in [5, 5.41) is 0. The van der Waals surface area contributed by atoms with Crippen molar-refractivity contribution >= 4 is 38.2 Å². The van der Waals surface area contributed by atoms with E-state index in [1.165, 1.54) is 24.3 Å². The van der Waals surface area contributed by atoms with Crippen LogP contribution in [0.15, 0.2) is 53.4 Å². The predicted molar refractivity (Wildman–Crippen MR) is 88.5 cm³/mol. The van der Waals surface area contributed by atoms with Crippen LogP contribution in [0.1, 0.15) is 10.4 Å². The van der Waals surface area contributed by atoms with E-state index in [0.29, 0.717) is 11.3 Å². The highest BCUT2D eigenvalue weighted by Crippen LogP contribution is 2.16. The summed E-state index contributed by atoms with van der Waals surface area (Å²) in [6.07, 6.45) is 1.14. The number of carbonyl (C=O) groups is 1. The van der Waals surface area contributed by atoms with Gasteiger partial charge < -0.3 is 4.74 Å². The third-order valence-corrected chi connectivity index (χ3v) is 4.64. The van der Waals surface area contributed by atoms with Gasteiger partial charge in [-0.2, -0.15) is 0 Å². The standard InChI is InChI=1S/C15H13IO4S/c1-21(18,19)14-8-6-13(7-9-14)20-10-15(17)11-2-4-12(16)5-3-11/h2-9H,10H2,1H3. The summed E-state index contributed by atoms with van der Waals surface area (Å²) in [6, 6.07) is 13.2. The molecule has 2 aromatic carbocycles. The molecule has 0 bridgehead atoms.